The van der Waals surface area contributed by atoms with Crippen molar-refractivity contribution in [2.45, 2.75) is 63.2 Å². The second-order valence-corrected chi connectivity index (χ2v) is 9.94. The van der Waals surface area contributed by atoms with Gasteiger partial charge in [0.15, 0.2) is 0 Å². The minimum atomic E-state index is -0.928. The topological polar surface area (TPSA) is 78.0 Å². The number of amides is 1. The van der Waals surface area contributed by atoms with Crippen LogP contribution < -0.4 is 4.74 Å². The van der Waals surface area contributed by atoms with Gasteiger partial charge >= 0.3 is 12.1 Å². The number of aryl methyl sites for hydroxylation is 1. The van der Waals surface area contributed by atoms with Crippen molar-refractivity contribution in [3.8, 4) is 5.75 Å². The van der Waals surface area contributed by atoms with Crippen molar-refractivity contribution in [2.24, 2.45) is 0 Å². The average Bonchev–Trinajstić information content (AvgIpc) is 3.05. The molecule has 7 nitrogen and oxygen atoms in total. The van der Waals surface area contributed by atoms with E-state index >= 15 is 0 Å². The number of esters is 1. The molecule has 32 heavy (non-hydrogen) atoms. The molecule has 172 valence electrons. The van der Waals surface area contributed by atoms with E-state index in [1.807, 2.05) is 0 Å². The van der Waals surface area contributed by atoms with Gasteiger partial charge in [-0.3, -0.25) is 4.90 Å². The summed E-state index contributed by atoms with van der Waals surface area (Å²) in [5.74, 6) is -0.482. The Morgan fingerprint density at radius 3 is 2.69 bits per heavy atom. The second kappa shape index (κ2) is 7.76. The predicted octanol–water partition coefficient (Wildman–Crippen LogP) is 4.67. The zero-order valence-electron chi connectivity index (χ0n) is 18.7. The quantitative estimate of drug-likeness (QED) is 0.451. The molecule has 2 aliphatic heterocycles. The predicted molar refractivity (Wildman–Crippen MR) is 116 cm³/mol. The number of nitrogens with zero attached hydrogens (tertiary/aromatic N) is 2. The molecule has 9 heteroatoms. The molecule has 3 heterocycles. The molecule has 0 radical (unpaired) electrons. The molecule has 4 rings (SSSR count). The molecule has 3 atom stereocenters. The minimum Gasteiger partial charge on any atom is -0.483 e. The molecule has 1 amide bonds. The summed E-state index contributed by atoms with van der Waals surface area (Å²) in [7, 11) is 1.27. The van der Waals surface area contributed by atoms with E-state index < -0.39 is 40.5 Å². The number of carbonyl (C=O) groups is 2. The van der Waals surface area contributed by atoms with Crippen molar-refractivity contribution in [1.29, 1.82) is 0 Å². The number of methoxy groups -OCH3 is 1. The number of hydrogen-bond donors (Lipinski definition) is 0. The first-order valence-corrected chi connectivity index (χ1v) is 10.9. The fourth-order valence-electron chi connectivity index (χ4n) is 4.53. The average molecular weight is 465 g/mol. The zero-order chi connectivity index (χ0) is 23.4. The summed E-state index contributed by atoms with van der Waals surface area (Å²) in [6.07, 6.45) is -0.105. The van der Waals surface area contributed by atoms with Crippen LogP contribution in [-0.4, -0.2) is 52.8 Å². The monoisotopic (exact) mass is 464 g/mol. The lowest BCUT2D eigenvalue weighted by Crippen LogP contribution is -2.46. The van der Waals surface area contributed by atoms with E-state index in [0.29, 0.717) is 34.3 Å². The fourth-order valence-corrected chi connectivity index (χ4v) is 5.02. The molecular formula is C23H26ClFN2O5. The molecule has 1 fully saturated rings. The van der Waals surface area contributed by atoms with E-state index in [1.54, 1.807) is 33.8 Å². The highest BCUT2D eigenvalue weighted by atomic mass is 35.5. The Bertz CT molecular complexity index is 1100. The van der Waals surface area contributed by atoms with Crippen molar-refractivity contribution >= 4 is 34.6 Å². The van der Waals surface area contributed by atoms with Crippen molar-refractivity contribution in [3.05, 3.63) is 35.3 Å². The van der Waals surface area contributed by atoms with Gasteiger partial charge in [-0.25, -0.2) is 19.0 Å². The number of halogens is 2. The van der Waals surface area contributed by atoms with Crippen molar-refractivity contribution in [3.63, 3.8) is 0 Å². The lowest BCUT2D eigenvalue weighted by molar-refractivity contribution is -0.145. The number of benzene rings is 1. The maximum Gasteiger partial charge on any atom is 0.411 e. The third-order valence-corrected chi connectivity index (χ3v) is 6.17. The highest BCUT2D eigenvalue weighted by Gasteiger charge is 2.55. The number of rotatable bonds is 1. The molecular weight excluding hydrogens is 439 g/mol. The van der Waals surface area contributed by atoms with Crippen LogP contribution in [0.4, 0.5) is 9.18 Å². The SMILES string of the molecule is COC(=O)[C@@H]1C[C@@]2(CC(Cl)c3c(c(C)nc4ccc(F)cc34)O2)CN1C(=O)OC(C)(C)C. The van der Waals surface area contributed by atoms with Gasteiger partial charge in [0.2, 0.25) is 0 Å². The van der Waals surface area contributed by atoms with Gasteiger partial charge in [-0.1, -0.05) is 0 Å². The highest BCUT2D eigenvalue weighted by molar-refractivity contribution is 6.22. The van der Waals surface area contributed by atoms with E-state index in [1.165, 1.54) is 24.1 Å². The molecule has 0 aliphatic carbocycles. The Balaban J connectivity index is 1.74. The van der Waals surface area contributed by atoms with Crippen LogP contribution in [0.2, 0.25) is 0 Å². The fraction of sp³-hybridized carbons (Fsp3) is 0.522. The van der Waals surface area contributed by atoms with E-state index in [2.05, 4.69) is 4.98 Å². The standard InChI is InChI=1S/C23H26ClFN2O5/c1-12-19-18(14-8-13(25)6-7-16(14)26-12)15(24)9-23(31-19)10-17(20(28)30-5)27(11-23)21(29)32-22(2,3)4/h6-8,15,17H,9-11H2,1-5H3/t15?,17-,23-/m0/s1. The number of likely N-dealkylation sites (tertiary alicyclic amines) is 1. The van der Waals surface area contributed by atoms with Crippen LogP contribution >= 0.6 is 11.6 Å². The first-order chi connectivity index (χ1) is 14.9. The number of pyridine rings is 1. The Kier molecular flexibility index (Phi) is 5.48. The summed E-state index contributed by atoms with van der Waals surface area (Å²) >= 11 is 6.83. The Morgan fingerprint density at radius 2 is 2.03 bits per heavy atom. The largest absolute Gasteiger partial charge is 0.483 e. The summed E-state index contributed by atoms with van der Waals surface area (Å²) in [6.45, 7) is 7.16. The number of aromatic nitrogens is 1. The number of alkyl halides is 1. The van der Waals surface area contributed by atoms with Crippen LogP contribution in [0.5, 0.6) is 5.75 Å². The lowest BCUT2D eigenvalue weighted by Gasteiger charge is -2.38. The van der Waals surface area contributed by atoms with E-state index in [-0.39, 0.29) is 13.0 Å². The molecule has 0 N–H and O–H groups in total. The summed E-state index contributed by atoms with van der Waals surface area (Å²) in [5, 5.41) is 0.0635. The number of hydrogen-bond acceptors (Lipinski definition) is 6. The molecule has 1 aromatic carbocycles. The molecule has 0 saturated carbocycles. The molecule has 1 aromatic heterocycles. The molecule has 0 bridgehead atoms. The first-order valence-electron chi connectivity index (χ1n) is 10.4. The Hall–Kier alpha value is -2.61. The second-order valence-electron chi connectivity index (χ2n) is 9.41. The van der Waals surface area contributed by atoms with Gasteiger partial charge in [-0.05, 0) is 45.9 Å². The van der Waals surface area contributed by atoms with Gasteiger partial charge in [0, 0.05) is 23.8 Å². The van der Waals surface area contributed by atoms with E-state index in [0.717, 1.165) is 0 Å². The Morgan fingerprint density at radius 1 is 1.31 bits per heavy atom. The summed E-state index contributed by atoms with van der Waals surface area (Å²) < 4.78 is 30.8. The molecule has 2 aliphatic rings. The minimum absolute atomic E-state index is 0.102. The smallest absolute Gasteiger partial charge is 0.411 e. The van der Waals surface area contributed by atoms with Gasteiger partial charge < -0.3 is 14.2 Å². The van der Waals surface area contributed by atoms with Crippen LogP contribution in [0, 0.1) is 12.7 Å². The Labute approximate surface area is 190 Å². The molecule has 1 unspecified atom stereocenters. The summed E-state index contributed by atoms with van der Waals surface area (Å²) in [6, 6.07) is 3.49. The van der Waals surface area contributed by atoms with Gasteiger partial charge in [-0.2, -0.15) is 0 Å². The molecule has 1 spiro atoms. The van der Waals surface area contributed by atoms with Crippen LogP contribution in [0.15, 0.2) is 18.2 Å². The molecule has 2 aromatic rings. The van der Waals surface area contributed by atoms with Crippen molar-refractivity contribution in [2.75, 3.05) is 13.7 Å². The maximum absolute atomic E-state index is 14.0. The number of fused-ring (bicyclic) bond motifs is 3. The van der Waals surface area contributed by atoms with Gasteiger partial charge in [0.25, 0.3) is 0 Å². The highest BCUT2D eigenvalue weighted by Crippen LogP contribution is 2.51. The van der Waals surface area contributed by atoms with Crippen LogP contribution in [0.25, 0.3) is 10.9 Å². The van der Waals surface area contributed by atoms with E-state index in [9.17, 15) is 14.0 Å². The van der Waals surface area contributed by atoms with Crippen LogP contribution in [0.1, 0.15) is 50.2 Å². The normalized spacial score (nSPS) is 24.9. The van der Waals surface area contributed by atoms with Crippen LogP contribution in [0.3, 0.4) is 0 Å². The third-order valence-electron chi connectivity index (χ3n) is 5.79. The maximum atomic E-state index is 14.0. The third kappa shape index (κ3) is 3.96. The van der Waals surface area contributed by atoms with Gasteiger partial charge in [0.1, 0.15) is 28.8 Å². The zero-order valence-corrected chi connectivity index (χ0v) is 19.5. The summed E-state index contributed by atoms with van der Waals surface area (Å²) in [4.78, 5) is 31.3. The first kappa shape index (κ1) is 22.6. The summed E-state index contributed by atoms with van der Waals surface area (Å²) in [5.41, 5.74) is 0.246. The number of ether oxygens (including phenoxy) is 3. The van der Waals surface area contributed by atoms with Crippen molar-refractivity contribution < 1.29 is 28.2 Å². The molecule has 1 saturated heterocycles. The lowest BCUT2D eigenvalue weighted by atomic mass is 9.87. The number of carbonyl (C=O) groups excluding carboxylic acids is 2. The van der Waals surface area contributed by atoms with Crippen LogP contribution in [-0.2, 0) is 14.3 Å². The van der Waals surface area contributed by atoms with E-state index in [4.69, 9.17) is 25.8 Å². The van der Waals surface area contributed by atoms with Crippen molar-refractivity contribution in [1.82, 2.24) is 9.88 Å². The van der Waals surface area contributed by atoms with Gasteiger partial charge in [0.05, 0.1) is 30.2 Å². The van der Waals surface area contributed by atoms with Gasteiger partial charge in [-0.15, -0.1) is 11.6 Å².